The summed E-state index contributed by atoms with van der Waals surface area (Å²) in [5.41, 5.74) is 6.39. The van der Waals surface area contributed by atoms with Gasteiger partial charge in [-0.2, -0.15) is 0 Å². The second kappa shape index (κ2) is 9.38. The number of hydrogen-bond donors (Lipinski definition) is 0. The van der Waals surface area contributed by atoms with Gasteiger partial charge >= 0.3 is 5.97 Å². The van der Waals surface area contributed by atoms with Crippen molar-refractivity contribution in [1.82, 2.24) is 9.47 Å². The van der Waals surface area contributed by atoms with Gasteiger partial charge in [0.25, 0.3) is 0 Å². The molecule has 0 atom stereocenters. The molecule has 5 heteroatoms. The third-order valence-electron chi connectivity index (χ3n) is 6.19. The van der Waals surface area contributed by atoms with Crippen LogP contribution in [0.25, 0.3) is 10.9 Å². The monoisotopic (exact) mass is 418 g/mol. The van der Waals surface area contributed by atoms with Crippen LogP contribution < -0.4 is 0 Å². The van der Waals surface area contributed by atoms with Crippen molar-refractivity contribution in [1.29, 1.82) is 0 Å². The normalized spacial score (nSPS) is 13.3. The lowest BCUT2D eigenvalue weighted by molar-refractivity contribution is -0.141. The van der Waals surface area contributed by atoms with Gasteiger partial charge in [0.05, 0.1) is 13.7 Å². The molecule has 0 spiro atoms. The summed E-state index contributed by atoms with van der Waals surface area (Å²) < 4.78 is 7.06. The first-order valence-corrected chi connectivity index (χ1v) is 11.1. The van der Waals surface area contributed by atoms with Gasteiger partial charge in [0.15, 0.2) is 0 Å². The summed E-state index contributed by atoms with van der Waals surface area (Å²) >= 11 is 0. The molecule has 31 heavy (non-hydrogen) atoms. The zero-order chi connectivity index (χ0) is 21.8. The summed E-state index contributed by atoms with van der Waals surface area (Å²) in [5.74, 6) is -0.0430. The van der Waals surface area contributed by atoms with E-state index in [1.165, 1.54) is 40.4 Å². The first-order chi connectivity index (χ1) is 15.1. The first-order valence-electron chi connectivity index (χ1n) is 11.1. The number of rotatable bonds is 7. The molecule has 162 valence electrons. The van der Waals surface area contributed by atoms with E-state index < -0.39 is 0 Å². The summed E-state index contributed by atoms with van der Waals surface area (Å²) in [5, 5.41) is 1.30. The number of benzene rings is 2. The number of aromatic nitrogens is 1. The zero-order valence-corrected chi connectivity index (χ0v) is 18.4. The van der Waals surface area contributed by atoms with E-state index in [0.717, 1.165) is 19.5 Å². The van der Waals surface area contributed by atoms with Gasteiger partial charge in [0, 0.05) is 42.5 Å². The number of esters is 1. The SMILES string of the molecule is COC(=O)CCCCC(=O)N1CCc2c(n(Cc3cccc(C)c3)c3ccccc23)C1. The second-order valence-electron chi connectivity index (χ2n) is 8.37. The van der Waals surface area contributed by atoms with E-state index in [2.05, 4.69) is 64.8 Å². The van der Waals surface area contributed by atoms with Gasteiger partial charge in [-0.1, -0.05) is 48.0 Å². The predicted molar refractivity (Wildman–Crippen MR) is 122 cm³/mol. The summed E-state index contributed by atoms with van der Waals surface area (Å²) in [6, 6.07) is 17.2. The number of methoxy groups -OCH3 is 1. The van der Waals surface area contributed by atoms with Crippen LogP contribution in [0.2, 0.25) is 0 Å². The predicted octanol–water partition coefficient (Wildman–Crippen LogP) is 4.62. The number of hydrogen-bond acceptors (Lipinski definition) is 3. The standard InChI is InChI=1S/C26H30N2O3/c1-19-8-7-9-20(16-19)17-28-23-11-4-3-10-21(23)22-14-15-27(18-24(22)28)25(29)12-5-6-13-26(30)31-2/h3-4,7-11,16H,5-6,12-15,17-18H2,1-2H3. The Morgan fingerprint density at radius 3 is 2.65 bits per heavy atom. The van der Waals surface area contributed by atoms with Crippen LogP contribution in [0.15, 0.2) is 48.5 Å². The van der Waals surface area contributed by atoms with Crippen molar-refractivity contribution < 1.29 is 14.3 Å². The zero-order valence-electron chi connectivity index (χ0n) is 18.4. The van der Waals surface area contributed by atoms with E-state index >= 15 is 0 Å². The molecular weight excluding hydrogens is 388 g/mol. The highest BCUT2D eigenvalue weighted by Gasteiger charge is 2.26. The van der Waals surface area contributed by atoms with Crippen molar-refractivity contribution in [2.45, 2.75) is 52.1 Å². The largest absolute Gasteiger partial charge is 0.469 e. The fourth-order valence-electron chi connectivity index (χ4n) is 4.59. The summed E-state index contributed by atoms with van der Waals surface area (Å²) in [4.78, 5) is 26.1. The number of amides is 1. The van der Waals surface area contributed by atoms with Crippen LogP contribution in [-0.2, 0) is 33.8 Å². The van der Waals surface area contributed by atoms with Crippen LogP contribution in [0.5, 0.6) is 0 Å². The number of para-hydroxylation sites is 1. The average molecular weight is 419 g/mol. The number of carbonyl (C=O) groups is 2. The van der Waals surface area contributed by atoms with Crippen molar-refractivity contribution in [3.05, 3.63) is 70.9 Å². The second-order valence-corrected chi connectivity index (χ2v) is 8.37. The minimum Gasteiger partial charge on any atom is -0.469 e. The summed E-state index contributed by atoms with van der Waals surface area (Å²) in [6.07, 6.45) is 3.13. The molecule has 0 saturated carbocycles. The Morgan fingerprint density at radius 2 is 1.84 bits per heavy atom. The molecule has 0 radical (unpaired) electrons. The molecule has 5 nitrogen and oxygen atoms in total. The van der Waals surface area contributed by atoms with Crippen LogP contribution in [0.1, 0.15) is 48.1 Å². The van der Waals surface area contributed by atoms with E-state index in [1.54, 1.807) is 0 Å². The van der Waals surface area contributed by atoms with E-state index in [0.29, 0.717) is 32.2 Å². The van der Waals surface area contributed by atoms with Crippen LogP contribution in [0.3, 0.4) is 0 Å². The van der Waals surface area contributed by atoms with E-state index in [-0.39, 0.29) is 11.9 Å². The number of ether oxygens (including phenoxy) is 1. The Balaban J connectivity index is 1.53. The Hall–Kier alpha value is -3.08. The molecule has 2 aromatic carbocycles. The molecule has 0 aliphatic carbocycles. The van der Waals surface area contributed by atoms with Gasteiger partial charge in [0.1, 0.15) is 0 Å². The minimum atomic E-state index is -0.212. The number of fused-ring (bicyclic) bond motifs is 3. The highest BCUT2D eigenvalue weighted by molar-refractivity contribution is 5.86. The van der Waals surface area contributed by atoms with E-state index in [9.17, 15) is 9.59 Å². The molecule has 1 aromatic heterocycles. The number of carbonyl (C=O) groups excluding carboxylic acids is 2. The van der Waals surface area contributed by atoms with Gasteiger partial charge in [-0.25, -0.2) is 0 Å². The van der Waals surface area contributed by atoms with Gasteiger partial charge in [-0.05, 0) is 43.4 Å². The first kappa shape index (κ1) is 21.2. The molecular formula is C26H30N2O3. The molecule has 0 N–H and O–H groups in total. The number of aryl methyl sites for hydroxylation is 1. The number of nitrogens with zero attached hydrogens (tertiary/aromatic N) is 2. The molecule has 3 aromatic rings. The van der Waals surface area contributed by atoms with Gasteiger partial charge < -0.3 is 14.2 Å². The minimum absolute atomic E-state index is 0.169. The van der Waals surface area contributed by atoms with Crippen molar-refractivity contribution in [3.63, 3.8) is 0 Å². The van der Waals surface area contributed by atoms with Gasteiger partial charge in [-0.3, -0.25) is 9.59 Å². The van der Waals surface area contributed by atoms with E-state index in [1.807, 2.05) is 4.90 Å². The Labute approximate surface area is 183 Å². The lowest BCUT2D eigenvalue weighted by Gasteiger charge is -2.29. The smallest absolute Gasteiger partial charge is 0.305 e. The van der Waals surface area contributed by atoms with Gasteiger partial charge in [-0.15, -0.1) is 0 Å². The lowest BCUT2D eigenvalue weighted by Crippen LogP contribution is -2.36. The third kappa shape index (κ3) is 4.66. The lowest BCUT2D eigenvalue weighted by atomic mass is 10.0. The topological polar surface area (TPSA) is 51.5 Å². The summed E-state index contributed by atoms with van der Waals surface area (Å²) in [6.45, 7) is 4.32. The Kier molecular flexibility index (Phi) is 6.40. The molecule has 4 rings (SSSR count). The maximum Gasteiger partial charge on any atom is 0.305 e. The fourth-order valence-corrected chi connectivity index (χ4v) is 4.59. The number of unbranched alkanes of at least 4 members (excludes halogenated alkanes) is 1. The summed E-state index contributed by atoms with van der Waals surface area (Å²) in [7, 11) is 1.40. The Bertz CT molecular complexity index is 1100. The third-order valence-corrected chi connectivity index (χ3v) is 6.19. The van der Waals surface area contributed by atoms with Crippen molar-refractivity contribution >= 4 is 22.8 Å². The highest BCUT2D eigenvalue weighted by atomic mass is 16.5. The van der Waals surface area contributed by atoms with Crippen LogP contribution in [-0.4, -0.2) is 35.0 Å². The fraction of sp³-hybridized carbons (Fsp3) is 0.385. The quantitative estimate of drug-likeness (QED) is 0.416. The molecule has 1 amide bonds. The maximum atomic E-state index is 12.9. The van der Waals surface area contributed by atoms with Gasteiger partial charge in [0.2, 0.25) is 5.91 Å². The van der Waals surface area contributed by atoms with Crippen molar-refractivity contribution in [2.24, 2.45) is 0 Å². The van der Waals surface area contributed by atoms with Crippen LogP contribution in [0, 0.1) is 6.92 Å². The maximum absolute atomic E-state index is 12.9. The van der Waals surface area contributed by atoms with Crippen LogP contribution in [0.4, 0.5) is 0 Å². The van der Waals surface area contributed by atoms with Crippen molar-refractivity contribution in [2.75, 3.05) is 13.7 Å². The van der Waals surface area contributed by atoms with Crippen LogP contribution >= 0.6 is 0 Å². The molecule has 0 unspecified atom stereocenters. The molecule has 0 bridgehead atoms. The highest BCUT2D eigenvalue weighted by Crippen LogP contribution is 2.32. The molecule has 0 saturated heterocycles. The average Bonchev–Trinajstić information content (AvgIpc) is 3.09. The Morgan fingerprint density at radius 1 is 1.03 bits per heavy atom. The molecule has 1 aliphatic heterocycles. The van der Waals surface area contributed by atoms with E-state index in [4.69, 9.17) is 0 Å². The molecule has 2 heterocycles. The molecule has 0 fully saturated rings. The molecule has 1 aliphatic rings. The van der Waals surface area contributed by atoms with Crippen molar-refractivity contribution in [3.8, 4) is 0 Å².